The molecule has 0 aliphatic heterocycles. The minimum absolute atomic E-state index is 0.474. The normalized spacial score (nSPS) is 12.2. The third-order valence-electron chi connectivity index (χ3n) is 4.90. The SMILES string of the molecule is Clc1ccc(-c2csc(=Nc3ccc(Cl)cc3Cl)n2/N=C\c2ccc3ncccc3c2)cc1. The van der Waals surface area contributed by atoms with E-state index >= 15 is 0 Å². The standard InChI is InChI=1S/C25H15Cl3N4S/c26-19-6-4-17(5-7-19)24-15-33-25(31-23-10-8-20(27)13-21(23)28)32(24)30-14-16-3-9-22-18(12-16)2-1-11-29-22/h1-15H/b30-14-,31-25?. The van der Waals surface area contributed by atoms with Crippen molar-refractivity contribution in [1.82, 2.24) is 9.66 Å². The van der Waals surface area contributed by atoms with Gasteiger partial charge < -0.3 is 0 Å². The van der Waals surface area contributed by atoms with E-state index in [1.165, 1.54) is 11.3 Å². The van der Waals surface area contributed by atoms with Crippen molar-refractivity contribution in [3.63, 3.8) is 0 Å². The van der Waals surface area contributed by atoms with Gasteiger partial charge in [-0.25, -0.2) is 9.67 Å². The molecule has 0 unspecified atom stereocenters. The Hall–Kier alpha value is -2.96. The van der Waals surface area contributed by atoms with Crippen LogP contribution in [0.15, 0.2) is 94.5 Å². The van der Waals surface area contributed by atoms with E-state index in [1.54, 1.807) is 35.3 Å². The molecule has 0 saturated heterocycles. The van der Waals surface area contributed by atoms with E-state index in [0.717, 1.165) is 27.7 Å². The third-order valence-corrected chi connectivity index (χ3v) is 6.51. The number of halogens is 3. The second kappa shape index (κ2) is 9.49. The van der Waals surface area contributed by atoms with Crippen molar-refractivity contribution in [3.05, 3.63) is 110 Å². The lowest BCUT2D eigenvalue weighted by molar-refractivity contribution is 0.855. The van der Waals surface area contributed by atoms with Gasteiger partial charge in [0.05, 0.1) is 28.1 Å². The van der Waals surface area contributed by atoms with Crippen LogP contribution < -0.4 is 4.80 Å². The number of pyridine rings is 1. The van der Waals surface area contributed by atoms with Crippen LogP contribution in [0.25, 0.3) is 22.2 Å². The molecular formula is C25H15Cl3N4S. The number of hydrogen-bond donors (Lipinski definition) is 0. The fourth-order valence-corrected chi connectivity index (χ4v) is 4.71. The van der Waals surface area contributed by atoms with Crippen LogP contribution in [0.1, 0.15) is 5.56 Å². The van der Waals surface area contributed by atoms with Crippen molar-refractivity contribution in [2.75, 3.05) is 0 Å². The Labute approximate surface area is 209 Å². The molecule has 0 N–H and O–H groups in total. The fraction of sp³-hybridized carbons (Fsp3) is 0. The van der Waals surface area contributed by atoms with Gasteiger partial charge >= 0.3 is 0 Å². The molecule has 5 aromatic rings. The second-order valence-corrected chi connectivity index (χ2v) is 9.25. The van der Waals surface area contributed by atoms with Crippen LogP contribution in [0, 0.1) is 0 Å². The Kier molecular flexibility index (Phi) is 6.29. The first-order valence-corrected chi connectivity index (χ1v) is 11.9. The summed E-state index contributed by atoms with van der Waals surface area (Å²) in [4.78, 5) is 9.79. The molecule has 5 rings (SSSR count). The number of fused-ring (bicyclic) bond motifs is 1. The molecule has 0 aliphatic carbocycles. The summed E-state index contributed by atoms with van der Waals surface area (Å²) >= 11 is 20.0. The largest absolute Gasteiger partial charge is 0.256 e. The topological polar surface area (TPSA) is 42.5 Å². The van der Waals surface area contributed by atoms with Crippen molar-refractivity contribution in [3.8, 4) is 11.3 Å². The predicted octanol–water partition coefficient (Wildman–Crippen LogP) is 7.84. The lowest BCUT2D eigenvalue weighted by atomic mass is 10.1. The monoisotopic (exact) mass is 508 g/mol. The van der Waals surface area contributed by atoms with E-state index in [4.69, 9.17) is 44.9 Å². The predicted molar refractivity (Wildman–Crippen MR) is 139 cm³/mol. The van der Waals surface area contributed by atoms with Crippen LogP contribution in [0.5, 0.6) is 0 Å². The van der Waals surface area contributed by atoms with E-state index in [-0.39, 0.29) is 0 Å². The van der Waals surface area contributed by atoms with E-state index in [1.807, 2.05) is 60.0 Å². The molecule has 0 radical (unpaired) electrons. The average Bonchev–Trinajstić information content (AvgIpc) is 3.22. The molecule has 0 amide bonds. The summed E-state index contributed by atoms with van der Waals surface area (Å²) in [7, 11) is 0. The molecule has 2 aromatic heterocycles. The molecule has 3 aromatic carbocycles. The van der Waals surface area contributed by atoms with Gasteiger partial charge in [0, 0.05) is 32.6 Å². The van der Waals surface area contributed by atoms with Crippen LogP contribution in [-0.2, 0) is 0 Å². The minimum Gasteiger partial charge on any atom is -0.256 e. The highest BCUT2D eigenvalue weighted by molar-refractivity contribution is 7.07. The molecule has 4 nitrogen and oxygen atoms in total. The summed E-state index contributed by atoms with van der Waals surface area (Å²) in [5.41, 5.74) is 4.36. The average molecular weight is 510 g/mol. The van der Waals surface area contributed by atoms with Crippen molar-refractivity contribution in [1.29, 1.82) is 0 Å². The summed E-state index contributed by atoms with van der Waals surface area (Å²) in [6.45, 7) is 0. The number of rotatable bonds is 4. The highest BCUT2D eigenvalue weighted by Crippen LogP contribution is 2.28. The van der Waals surface area contributed by atoms with Crippen molar-refractivity contribution >= 4 is 68.9 Å². The van der Waals surface area contributed by atoms with Gasteiger partial charge in [0.1, 0.15) is 0 Å². The Morgan fingerprint density at radius 1 is 0.879 bits per heavy atom. The summed E-state index contributed by atoms with van der Waals surface area (Å²) in [6, 6.07) is 22.8. The second-order valence-electron chi connectivity index (χ2n) is 7.13. The van der Waals surface area contributed by atoms with E-state index < -0.39 is 0 Å². The smallest absolute Gasteiger partial charge is 0.211 e. The summed E-state index contributed by atoms with van der Waals surface area (Å²) in [6.07, 6.45) is 3.59. The highest BCUT2D eigenvalue weighted by atomic mass is 35.5. The maximum atomic E-state index is 6.36. The van der Waals surface area contributed by atoms with Gasteiger partial charge in [-0.3, -0.25) is 4.98 Å². The molecule has 0 atom stereocenters. The molecule has 0 fully saturated rings. The Bertz CT molecular complexity index is 1550. The lowest BCUT2D eigenvalue weighted by Crippen LogP contribution is -2.11. The Morgan fingerprint density at radius 2 is 1.70 bits per heavy atom. The third kappa shape index (κ3) is 4.87. The van der Waals surface area contributed by atoms with Crippen LogP contribution in [0.4, 0.5) is 5.69 Å². The quantitative estimate of drug-likeness (QED) is 0.228. The maximum Gasteiger partial charge on any atom is 0.211 e. The van der Waals surface area contributed by atoms with Crippen LogP contribution >= 0.6 is 46.1 Å². The number of hydrogen-bond acceptors (Lipinski definition) is 4. The Balaban J connectivity index is 1.63. The molecule has 2 heterocycles. The zero-order valence-electron chi connectivity index (χ0n) is 17.0. The van der Waals surface area contributed by atoms with Gasteiger partial charge in [-0.2, -0.15) is 5.10 Å². The first-order chi connectivity index (χ1) is 16.1. The van der Waals surface area contributed by atoms with Crippen molar-refractivity contribution in [2.24, 2.45) is 10.1 Å². The molecule has 8 heteroatoms. The van der Waals surface area contributed by atoms with Crippen LogP contribution in [-0.4, -0.2) is 15.9 Å². The lowest BCUT2D eigenvalue weighted by Gasteiger charge is -2.05. The zero-order valence-corrected chi connectivity index (χ0v) is 20.1. The van der Waals surface area contributed by atoms with Gasteiger partial charge in [-0.1, -0.05) is 59.1 Å². The summed E-state index contributed by atoms with van der Waals surface area (Å²) in [5, 5.41) is 9.53. The molecule has 0 aliphatic rings. The van der Waals surface area contributed by atoms with E-state index in [0.29, 0.717) is 25.6 Å². The molecular weight excluding hydrogens is 495 g/mol. The van der Waals surface area contributed by atoms with Crippen molar-refractivity contribution < 1.29 is 0 Å². The van der Waals surface area contributed by atoms with Gasteiger partial charge in [-0.05, 0) is 54.1 Å². The van der Waals surface area contributed by atoms with Gasteiger partial charge in [0.15, 0.2) is 0 Å². The van der Waals surface area contributed by atoms with Crippen LogP contribution in [0.3, 0.4) is 0 Å². The zero-order chi connectivity index (χ0) is 22.8. The number of benzene rings is 3. The number of aromatic nitrogens is 2. The molecule has 33 heavy (non-hydrogen) atoms. The molecule has 0 spiro atoms. The first-order valence-electron chi connectivity index (χ1n) is 9.92. The molecule has 0 bridgehead atoms. The fourth-order valence-electron chi connectivity index (χ4n) is 3.28. The van der Waals surface area contributed by atoms with Gasteiger partial charge in [-0.15, -0.1) is 11.3 Å². The number of thiazole rings is 1. The van der Waals surface area contributed by atoms with E-state index in [2.05, 4.69) is 4.98 Å². The van der Waals surface area contributed by atoms with Crippen molar-refractivity contribution in [2.45, 2.75) is 0 Å². The van der Waals surface area contributed by atoms with E-state index in [9.17, 15) is 0 Å². The summed E-state index contributed by atoms with van der Waals surface area (Å²) < 4.78 is 1.80. The molecule has 0 saturated carbocycles. The highest BCUT2D eigenvalue weighted by Gasteiger charge is 2.09. The number of nitrogens with zero attached hydrogens (tertiary/aromatic N) is 4. The Morgan fingerprint density at radius 3 is 2.52 bits per heavy atom. The first kappa shape index (κ1) is 21.9. The summed E-state index contributed by atoms with van der Waals surface area (Å²) in [5.74, 6) is 0. The van der Waals surface area contributed by atoms with Gasteiger partial charge in [0.25, 0.3) is 0 Å². The van der Waals surface area contributed by atoms with Crippen LogP contribution in [0.2, 0.25) is 15.1 Å². The minimum atomic E-state index is 0.474. The maximum absolute atomic E-state index is 6.36. The molecule has 162 valence electrons. The van der Waals surface area contributed by atoms with Gasteiger partial charge in [0.2, 0.25) is 4.80 Å².